The van der Waals surface area contributed by atoms with E-state index in [0.717, 1.165) is 42.4 Å². The number of thiazole rings is 1. The van der Waals surface area contributed by atoms with Crippen molar-refractivity contribution in [2.24, 2.45) is 5.73 Å². The van der Waals surface area contributed by atoms with Crippen molar-refractivity contribution in [3.8, 4) is 0 Å². The molecule has 5 heteroatoms. The Balaban J connectivity index is 1.65. The number of aromatic nitrogens is 1. The summed E-state index contributed by atoms with van der Waals surface area (Å²) in [7, 11) is 2.10. The smallest absolute Gasteiger partial charge is 0.185 e. The highest BCUT2D eigenvalue weighted by molar-refractivity contribution is 7.13. The maximum absolute atomic E-state index is 6.27. The summed E-state index contributed by atoms with van der Waals surface area (Å²) >= 11 is 1.69. The van der Waals surface area contributed by atoms with Gasteiger partial charge >= 0.3 is 0 Å². The summed E-state index contributed by atoms with van der Waals surface area (Å²) in [6, 6.07) is 10.6. The van der Waals surface area contributed by atoms with Gasteiger partial charge in [0.1, 0.15) is 0 Å². The van der Waals surface area contributed by atoms with Crippen LogP contribution in [0.3, 0.4) is 0 Å². The van der Waals surface area contributed by atoms with Crippen LogP contribution in [0.1, 0.15) is 23.7 Å². The molecule has 0 spiro atoms. The zero-order valence-corrected chi connectivity index (χ0v) is 13.1. The average molecular weight is 303 g/mol. The van der Waals surface area contributed by atoms with Crippen LogP contribution in [0.4, 0.5) is 5.13 Å². The van der Waals surface area contributed by atoms with E-state index in [1.54, 1.807) is 11.3 Å². The number of rotatable bonds is 5. The molecule has 1 fully saturated rings. The standard InChI is InChI=1S/C16H21N3OS/c1-19(14-7-8-20-10-14)16-18-13(11-21-16)9-15(17)12-5-3-2-4-6-12/h2-6,11,14-15H,7-10,17H2,1H3. The summed E-state index contributed by atoms with van der Waals surface area (Å²) in [4.78, 5) is 6.96. The first-order valence-corrected chi connectivity index (χ1v) is 8.17. The van der Waals surface area contributed by atoms with Gasteiger partial charge in [-0.1, -0.05) is 30.3 Å². The molecule has 1 aliphatic heterocycles. The lowest BCUT2D eigenvalue weighted by atomic mass is 10.0. The summed E-state index contributed by atoms with van der Waals surface area (Å²) < 4.78 is 5.44. The quantitative estimate of drug-likeness (QED) is 0.922. The maximum Gasteiger partial charge on any atom is 0.185 e. The van der Waals surface area contributed by atoms with E-state index in [2.05, 4.69) is 29.5 Å². The fraction of sp³-hybridized carbons (Fsp3) is 0.438. The van der Waals surface area contributed by atoms with Crippen LogP contribution < -0.4 is 10.6 Å². The summed E-state index contributed by atoms with van der Waals surface area (Å²) in [5, 5.41) is 3.17. The third-order valence-corrected chi connectivity index (χ3v) is 4.93. The van der Waals surface area contributed by atoms with Gasteiger partial charge in [-0.25, -0.2) is 4.98 Å². The van der Waals surface area contributed by atoms with Gasteiger partial charge in [-0.3, -0.25) is 0 Å². The van der Waals surface area contributed by atoms with Crippen molar-refractivity contribution >= 4 is 16.5 Å². The number of benzene rings is 1. The molecule has 3 rings (SSSR count). The minimum atomic E-state index is 0.00118. The molecule has 0 radical (unpaired) electrons. The Labute approximate surface area is 129 Å². The minimum Gasteiger partial charge on any atom is -0.379 e. The number of ether oxygens (including phenoxy) is 1. The van der Waals surface area contributed by atoms with Gasteiger partial charge in [0.2, 0.25) is 0 Å². The molecule has 0 bridgehead atoms. The number of nitrogens with zero attached hydrogens (tertiary/aromatic N) is 2. The summed E-state index contributed by atoms with van der Waals surface area (Å²) in [6.45, 7) is 1.65. The Morgan fingerprint density at radius 2 is 2.24 bits per heavy atom. The topological polar surface area (TPSA) is 51.4 Å². The Bertz CT molecular complexity index is 566. The highest BCUT2D eigenvalue weighted by atomic mass is 32.1. The number of likely N-dealkylation sites (N-methyl/N-ethyl adjacent to an activating group) is 1. The molecule has 0 saturated carbocycles. The third kappa shape index (κ3) is 3.43. The van der Waals surface area contributed by atoms with Crippen molar-refractivity contribution in [2.75, 3.05) is 25.2 Å². The number of hydrogen-bond acceptors (Lipinski definition) is 5. The van der Waals surface area contributed by atoms with Gasteiger partial charge in [-0.05, 0) is 12.0 Å². The SMILES string of the molecule is CN(c1nc(CC(N)c2ccccc2)cs1)C1CCOC1. The molecule has 0 aliphatic carbocycles. The second kappa shape index (κ2) is 6.56. The van der Waals surface area contributed by atoms with Crippen LogP contribution in [0.15, 0.2) is 35.7 Å². The summed E-state index contributed by atoms with van der Waals surface area (Å²) in [5.74, 6) is 0. The van der Waals surface area contributed by atoms with Crippen molar-refractivity contribution in [3.05, 3.63) is 47.0 Å². The van der Waals surface area contributed by atoms with Gasteiger partial charge in [-0.15, -0.1) is 11.3 Å². The van der Waals surface area contributed by atoms with Gasteiger partial charge in [0, 0.05) is 31.5 Å². The van der Waals surface area contributed by atoms with E-state index >= 15 is 0 Å². The first-order valence-electron chi connectivity index (χ1n) is 7.29. The highest BCUT2D eigenvalue weighted by Gasteiger charge is 2.22. The first-order chi connectivity index (χ1) is 10.2. The number of anilines is 1. The van der Waals surface area contributed by atoms with E-state index in [4.69, 9.17) is 15.5 Å². The molecule has 2 atom stereocenters. The maximum atomic E-state index is 6.27. The lowest BCUT2D eigenvalue weighted by Gasteiger charge is -2.22. The third-order valence-electron chi connectivity index (χ3n) is 3.95. The Hall–Kier alpha value is -1.43. The predicted octanol–water partition coefficient (Wildman–Crippen LogP) is 2.61. The predicted molar refractivity (Wildman–Crippen MR) is 86.8 cm³/mol. The molecule has 1 aromatic heterocycles. The Morgan fingerprint density at radius 3 is 2.95 bits per heavy atom. The van der Waals surface area contributed by atoms with Gasteiger partial charge in [0.25, 0.3) is 0 Å². The molecule has 1 saturated heterocycles. The molecule has 0 amide bonds. The molecular formula is C16H21N3OS. The van der Waals surface area contributed by atoms with E-state index in [1.807, 2.05) is 18.2 Å². The zero-order valence-electron chi connectivity index (χ0n) is 12.2. The molecule has 4 nitrogen and oxygen atoms in total. The van der Waals surface area contributed by atoms with Crippen LogP contribution in [-0.2, 0) is 11.2 Å². The first kappa shape index (κ1) is 14.5. The lowest BCUT2D eigenvalue weighted by Crippen LogP contribution is -2.31. The van der Waals surface area contributed by atoms with Crippen molar-refractivity contribution in [2.45, 2.75) is 24.9 Å². The van der Waals surface area contributed by atoms with E-state index in [1.165, 1.54) is 0 Å². The van der Waals surface area contributed by atoms with Crippen LogP contribution in [0, 0.1) is 0 Å². The van der Waals surface area contributed by atoms with Crippen molar-refractivity contribution in [1.29, 1.82) is 0 Å². The van der Waals surface area contributed by atoms with E-state index < -0.39 is 0 Å². The van der Waals surface area contributed by atoms with Crippen LogP contribution in [0.2, 0.25) is 0 Å². The van der Waals surface area contributed by atoms with Crippen molar-refractivity contribution in [3.63, 3.8) is 0 Å². The lowest BCUT2D eigenvalue weighted by molar-refractivity contribution is 0.193. The van der Waals surface area contributed by atoms with E-state index in [9.17, 15) is 0 Å². The molecule has 1 aliphatic rings. The van der Waals surface area contributed by atoms with Gasteiger partial charge < -0.3 is 15.4 Å². The molecule has 21 heavy (non-hydrogen) atoms. The average Bonchev–Trinajstić information content (AvgIpc) is 3.19. The molecular weight excluding hydrogens is 282 g/mol. The summed E-state index contributed by atoms with van der Waals surface area (Å²) in [6.07, 6.45) is 1.85. The molecule has 2 unspecified atom stereocenters. The van der Waals surface area contributed by atoms with Gasteiger partial charge in [-0.2, -0.15) is 0 Å². The number of nitrogens with two attached hydrogens (primary N) is 1. The second-order valence-corrected chi connectivity index (χ2v) is 6.31. The van der Waals surface area contributed by atoms with Crippen LogP contribution >= 0.6 is 11.3 Å². The minimum absolute atomic E-state index is 0.00118. The molecule has 2 heterocycles. The fourth-order valence-electron chi connectivity index (χ4n) is 2.58. The van der Waals surface area contributed by atoms with Crippen LogP contribution in [0.5, 0.6) is 0 Å². The monoisotopic (exact) mass is 303 g/mol. The van der Waals surface area contributed by atoms with Crippen LogP contribution in [0.25, 0.3) is 0 Å². The van der Waals surface area contributed by atoms with Gasteiger partial charge in [0.15, 0.2) is 5.13 Å². The molecule has 1 aromatic carbocycles. The highest BCUT2D eigenvalue weighted by Crippen LogP contribution is 2.26. The fourth-order valence-corrected chi connectivity index (χ4v) is 3.45. The van der Waals surface area contributed by atoms with Crippen LogP contribution in [-0.4, -0.2) is 31.3 Å². The number of hydrogen-bond donors (Lipinski definition) is 1. The molecule has 2 N–H and O–H groups in total. The Kier molecular flexibility index (Phi) is 4.53. The second-order valence-electron chi connectivity index (χ2n) is 5.47. The Morgan fingerprint density at radius 1 is 1.43 bits per heavy atom. The van der Waals surface area contributed by atoms with E-state index in [-0.39, 0.29) is 6.04 Å². The van der Waals surface area contributed by atoms with Crippen molar-refractivity contribution < 1.29 is 4.74 Å². The molecule has 112 valence electrons. The van der Waals surface area contributed by atoms with Crippen molar-refractivity contribution in [1.82, 2.24) is 4.98 Å². The normalized spacial score (nSPS) is 19.6. The summed E-state index contributed by atoms with van der Waals surface area (Å²) in [5.41, 5.74) is 8.49. The van der Waals surface area contributed by atoms with Gasteiger partial charge in [0.05, 0.1) is 18.3 Å². The largest absolute Gasteiger partial charge is 0.379 e. The zero-order chi connectivity index (χ0) is 14.7. The molecule has 2 aromatic rings. The van der Waals surface area contributed by atoms with E-state index in [0.29, 0.717) is 6.04 Å².